The Morgan fingerprint density at radius 3 is 2.33 bits per heavy atom. The summed E-state index contributed by atoms with van der Waals surface area (Å²) >= 11 is 6.28. The Bertz CT molecular complexity index is 1970. The first-order valence-electron chi connectivity index (χ1n) is 16.9. The number of nitrogens with zero attached hydrogens (tertiary/aromatic N) is 2. The van der Waals surface area contributed by atoms with Crippen LogP contribution in [-0.2, 0) is 29.4 Å². The van der Waals surface area contributed by atoms with E-state index in [9.17, 15) is 28.7 Å². The number of aliphatic carboxylic acids is 1. The Balaban J connectivity index is 1.35. The number of aromatic hydroxyl groups is 1. The highest BCUT2D eigenvalue weighted by molar-refractivity contribution is 6.30. The molecule has 0 bridgehead atoms. The molecular formula is C38H34ClF2N3O7. The first-order valence-corrected chi connectivity index (χ1v) is 17.2. The van der Waals surface area contributed by atoms with E-state index in [0.29, 0.717) is 35.4 Å². The number of hydrogen-bond acceptors (Lipinski definition) is 7. The highest BCUT2D eigenvalue weighted by Crippen LogP contribution is 2.65. The largest absolute Gasteiger partial charge is 0.505 e. The van der Waals surface area contributed by atoms with Crippen molar-refractivity contribution < 1.29 is 43.0 Å². The van der Waals surface area contributed by atoms with Gasteiger partial charge in [0, 0.05) is 29.5 Å². The fourth-order valence-corrected chi connectivity index (χ4v) is 8.90. The summed E-state index contributed by atoms with van der Waals surface area (Å²) in [5, 5.41) is 21.5. The van der Waals surface area contributed by atoms with Gasteiger partial charge in [-0.1, -0.05) is 53.9 Å². The molecule has 2 saturated heterocycles. The number of carboxylic acids is 1. The van der Waals surface area contributed by atoms with E-state index in [1.807, 2.05) is 0 Å². The number of fused-ring (bicyclic) bond motifs is 4. The zero-order chi connectivity index (χ0) is 36.2. The van der Waals surface area contributed by atoms with E-state index in [1.165, 1.54) is 41.3 Å². The second kappa shape index (κ2) is 13.2. The molecule has 4 aliphatic rings. The van der Waals surface area contributed by atoms with Crippen LogP contribution in [0.4, 0.5) is 14.5 Å². The minimum absolute atomic E-state index is 0.0140. The van der Waals surface area contributed by atoms with Crippen LogP contribution in [0.15, 0.2) is 78.4 Å². The molecule has 2 aliphatic carbocycles. The molecule has 6 atom stereocenters. The van der Waals surface area contributed by atoms with Crippen LogP contribution in [0.25, 0.3) is 0 Å². The number of imide groups is 2. The summed E-state index contributed by atoms with van der Waals surface area (Å²) in [5.41, 5.74) is 2.29. The van der Waals surface area contributed by atoms with Gasteiger partial charge in [0.1, 0.15) is 5.82 Å². The number of allylic oxidation sites excluding steroid dienone is 2. The molecule has 51 heavy (non-hydrogen) atoms. The average molecular weight is 718 g/mol. The van der Waals surface area contributed by atoms with E-state index in [-0.39, 0.29) is 43.0 Å². The van der Waals surface area contributed by atoms with E-state index < -0.39 is 76.1 Å². The molecule has 0 aromatic heterocycles. The Morgan fingerprint density at radius 1 is 0.902 bits per heavy atom. The van der Waals surface area contributed by atoms with Crippen molar-refractivity contribution in [3.63, 3.8) is 0 Å². The summed E-state index contributed by atoms with van der Waals surface area (Å²) in [6.45, 7) is 0.116. The van der Waals surface area contributed by atoms with Crippen LogP contribution in [-0.4, -0.2) is 56.3 Å². The molecule has 10 nitrogen and oxygen atoms in total. The summed E-state index contributed by atoms with van der Waals surface area (Å²) < 4.78 is 29.0. The van der Waals surface area contributed by atoms with Crippen molar-refractivity contribution in [3.8, 4) is 5.75 Å². The van der Waals surface area contributed by atoms with E-state index in [0.717, 1.165) is 11.1 Å². The van der Waals surface area contributed by atoms with Crippen molar-refractivity contribution in [2.24, 2.45) is 23.7 Å². The molecule has 13 heteroatoms. The van der Waals surface area contributed by atoms with Gasteiger partial charge in [0.2, 0.25) is 11.8 Å². The third kappa shape index (κ3) is 5.56. The molecule has 3 aromatic carbocycles. The number of likely N-dealkylation sites (tertiary alicyclic amines) is 1. The van der Waals surface area contributed by atoms with Crippen molar-refractivity contribution in [1.29, 1.82) is 0 Å². The highest BCUT2D eigenvalue weighted by atomic mass is 35.5. The maximum atomic E-state index is 15.2. The van der Waals surface area contributed by atoms with Gasteiger partial charge in [-0.2, -0.15) is 5.01 Å². The molecule has 0 radical (unpaired) electrons. The fraction of sp³-hybridized carbons (Fsp3) is 0.342. The van der Waals surface area contributed by atoms with Gasteiger partial charge in [-0.3, -0.25) is 34.3 Å². The molecule has 4 amide bonds. The molecule has 7 rings (SSSR count). The zero-order valence-corrected chi connectivity index (χ0v) is 28.0. The number of halogens is 3. The van der Waals surface area contributed by atoms with E-state index in [2.05, 4.69) is 5.43 Å². The molecular weight excluding hydrogens is 684 g/mol. The van der Waals surface area contributed by atoms with Crippen LogP contribution < -0.4 is 5.43 Å². The lowest BCUT2D eigenvalue weighted by atomic mass is 9.49. The number of para-hydroxylation sites is 1. The molecule has 1 saturated carbocycles. The minimum atomic E-state index is -1.76. The molecule has 2 aliphatic heterocycles. The third-order valence-electron chi connectivity index (χ3n) is 10.9. The number of phenolic OH excluding ortho intramolecular Hbond substituents is 1. The third-order valence-corrected chi connectivity index (χ3v) is 11.2. The van der Waals surface area contributed by atoms with Crippen molar-refractivity contribution in [2.45, 2.75) is 49.9 Å². The topological polar surface area (TPSA) is 144 Å². The number of carbonyl (C=O) groups is 5. The smallest absolute Gasteiger partial charge is 0.303 e. The minimum Gasteiger partial charge on any atom is -0.505 e. The molecule has 6 unspecified atom stereocenters. The van der Waals surface area contributed by atoms with Crippen molar-refractivity contribution in [2.75, 3.05) is 12.0 Å². The second-order valence-corrected chi connectivity index (χ2v) is 14.0. The number of rotatable bonds is 10. The number of phenols is 1. The number of anilines is 1. The number of carboxylic acid groups (broad SMARTS) is 1. The first-order chi connectivity index (χ1) is 24.4. The monoisotopic (exact) mass is 717 g/mol. The molecule has 3 N–H and O–H groups in total. The average Bonchev–Trinajstić information content (AvgIpc) is 3.47. The van der Waals surface area contributed by atoms with Crippen LogP contribution in [0, 0.1) is 35.3 Å². The van der Waals surface area contributed by atoms with Crippen LogP contribution in [0.2, 0.25) is 5.02 Å². The van der Waals surface area contributed by atoms with Gasteiger partial charge in [-0.25, -0.2) is 8.78 Å². The van der Waals surface area contributed by atoms with Gasteiger partial charge in [0.05, 0.1) is 28.9 Å². The van der Waals surface area contributed by atoms with Crippen molar-refractivity contribution >= 4 is 46.9 Å². The van der Waals surface area contributed by atoms with E-state index in [1.54, 1.807) is 30.3 Å². The fourth-order valence-electron chi connectivity index (χ4n) is 8.77. The summed E-state index contributed by atoms with van der Waals surface area (Å²) in [7, 11) is 0. The lowest BCUT2D eigenvalue weighted by Crippen LogP contribution is -2.53. The summed E-state index contributed by atoms with van der Waals surface area (Å²) in [4.78, 5) is 69.7. The van der Waals surface area contributed by atoms with Gasteiger partial charge in [-0.05, 0) is 79.6 Å². The Hall–Kier alpha value is -5.10. The number of benzene rings is 3. The number of hydrogen-bond donors (Lipinski definition) is 3. The normalized spacial score (nSPS) is 26.9. The Labute approximate surface area is 296 Å². The number of unbranched alkanes of at least 4 members (excludes halogenated alkanes) is 2. The summed E-state index contributed by atoms with van der Waals surface area (Å²) in [6.07, 6.45) is 3.24. The Kier molecular flexibility index (Phi) is 8.91. The molecule has 3 aromatic rings. The van der Waals surface area contributed by atoms with Gasteiger partial charge < -0.3 is 10.2 Å². The lowest BCUT2D eigenvalue weighted by molar-refractivity contribution is -0.141. The van der Waals surface area contributed by atoms with E-state index in [4.69, 9.17) is 16.7 Å². The standard InChI is InChI=1S/C38H34ClF2N3O7/c39-21-10-8-20(9-11-21)38-28(35(49)44(37(38)51)42-23-14-12-22(40)13-15-23)19-27-24(32(38)26-5-4-6-29(41)33(26)47)16-17-25-31(27)36(50)43(34(25)48)18-3-1-2-7-30(45)46/h4-6,8-16,25,27-28,31-32,42,47H,1-3,7,17-19H2,(H,45,46). The maximum absolute atomic E-state index is 15.2. The predicted octanol–water partition coefficient (Wildman–Crippen LogP) is 5.95. The first kappa shape index (κ1) is 34.4. The van der Waals surface area contributed by atoms with Gasteiger partial charge in [0.25, 0.3) is 11.8 Å². The number of carbonyl (C=O) groups excluding carboxylic acids is 4. The number of nitrogens with one attached hydrogen (secondary N) is 1. The zero-order valence-electron chi connectivity index (χ0n) is 27.2. The van der Waals surface area contributed by atoms with Crippen LogP contribution in [0.3, 0.4) is 0 Å². The van der Waals surface area contributed by atoms with E-state index >= 15 is 9.18 Å². The van der Waals surface area contributed by atoms with Gasteiger partial charge in [-0.15, -0.1) is 0 Å². The van der Waals surface area contributed by atoms with Gasteiger partial charge >= 0.3 is 5.97 Å². The second-order valence-electron chi connectivity index (χ2n) is 13.6. The predicted molar refractivity (Wildman–Crippen MR) is 180 cm³/mol. The SMILES string of the molecule is O=C(O)CCCCCN1C(=O)C2CC=C3C(CC4C(=O)N(Nc5ccc(F)cc5)C(=O)C4(c4ccc(Cl)cc4)C3c3cccc(F)c3O)C2C1=O. The van der Waals surface area contributed by atoms with Gasteiger partial charge in [0.15, 0.2) is 11.6 Å². The molecule has 3 fully saturated rings. The lowest BCUT2D eigenvalue weighted by Gasteiger charge is -2.50. The van der Waals surface area contributed by atoms with Crippen LogP contribution >= 0.6 is 11.6 Å². The van der Waals surface area contributed by atoms with Crippen molar-refractivity contribution in [3.05, 3.63) is 106 Å². The molecule has 0 spiro atoms. The molecule has 264 valence electrons. The van der Waals surface area contributed by atoms with Crippen molar-refractivity contribution in [1.82, 2.24) is 9.91 Å². The van der Waals surface area contributed by atoms with Crippen LogP contribution in [0.1, 0.15) is 55.6 Å². The summed E-state index contributed by atoms with van der Waals surface area (Å²) in [6, 6.07) is 15.4. The highest BCUT2D eigenvalue weighted by Gasteiger charge is 2.70. The Morgan fingerprint density at radius 2 is 1.63 bits per heavy atom. The number of hydrazine groups is 1. The van der Waals surface area contributed by atoms with Crippen LogP contribution in [0.5, 0.6) is 5.75 Å². The molecule has 2 heterocycles. The maximum Gasteiger partial charge on any atom is 0.303 e. The number of amides is 4. The quantitative estimate of drug-likeness (QED) is 0.133. The summed E-state index contributed by atoms with van der Waals surface area (Å²) in [5.74, 6) is -9.84.